The van der Waals surface area contributed by atoms with Gasteiger partial charge in [0.05, 0.1) is 19.9 Å². The maximum atomic E-state index is 12.2. The Labute approximate surface area is 144 Å². The topological polar surface area (TPSA) is 50.8 Å². The van der Waals surface area contributed by atoms with Gasteiger partial charge in [-0.05, 0) is 38.1 Å². The number of nitrogens with one attached hydrogen (secondary N) is 1. The Bertz CT molecular complexity index is 489. The zero-order chi connectivity index (χ0) is 15.8. The molecule has 1 aromatic rings. The number of nitrogens with zero attached hydrogens (tertiary/aromatic N) is 1. The zero-order valence-corrected chi connectivity index (χ0v) is 14.7. The summed E-state index contributed by atoms with van der Waals surface area (Å²) in [6, 6.07) is 5.39. The highest BCUT2D eigenvalue weighted by molar-refractivity contribution is 5.92. The van der Waals surface area contributed by atoms with Crippen molar-refractivity contribution in [2.75, 3.05) is 39.2 Å². The van der Waals surface area contributed by atoms with Crippen LogP contribution in [0.15, 0.2) is 18.2 Å². The Morgan fingerprint density at radius 3 is 2.43 bits per heavy atom. The van der Waals surface area contributed by atoms with Crippen molar-refractivity contribution in [2.24, 2.45) is 0 Å². The predicted molar refractivity (Wildman–Crippen MR) is 87.7 cm³/mol. The number of anilines is 1. The van der Waals surface area contributed by atoms with Crippen molar-refractivity contribution >= 4 is 11.6 Å². The number of amides is 1. The number of hydrogen-bond donors (Lipinski definition) is 1. The average molecular weight is 342 g/mol. The molecular weight excluding hydrogens is 316 g/mol. The minimum absolute atomic E-state index is 0. The summed E-state index contributed by atoms with van der Waals surface area (Å²) < 4.78 is 10.5. The molecule has 5 nitrogen and oxygen atoms in total. The molecule has 23 heavy (non-hydrogen) atoms. The Balaban J connectivity index is 0.00000264. The van der Waals surface area contributed by atoms with Gasteiger partial charge < -0.3 is 32.1 Å². The highest BCUT2D eigenvalue weighted by Gasteiger charge is 2.13. The molecule has 6 heteroatoms. The highest BCUT2D eigenvalue weighted by atomic mass is 35.5. The third kappa shape index (κ3) is 6.28. The molecule has 0 atom stereocenters. The fourth-order valence-electron chi connectivity index (χ4n) is 2.74. The van der Waals surface area contributed by atoms with Gasteiger partial charge in [-0.2, -0.15) is 0 Å². The average Bonchev–Trinajstić information content (AvgIpc) is 2.81. The standard InChI is InChI=1S/C17H26N2O3.ClH/c1-21-14-7-8-16(22-2)15(13-14)18-17(20)9-12-19-10-5-3-4-6-11-19;/h7-8,13H,3-6,9-12H2,1-2H3,(H,18,20);1H/p-1. The van der Waals surface area contributed by atoms with Crippen LogP contribution in [-0.2, 0) is 4.79 Å². The second kappa shape index (κ2) is 10.3. The van der Waals surface area contributed by atoms with Crippen molar-refractivity contribution < 1.29 is 26.7 Å². The minimum Gasteiger partial charge on any atom is -1.00 e. The van der Waals surface area contributed by atoms with Gasteiger partial charge in [0.15, 0.2) is 0 Å². The van der Waals surface area contributed by atoms with Crippen LogP contribution >= 0.6 is 0 Å². The van der Waals surface area contributed by atoms with Crippen molar-refractivity contribution in [1.82, 2.24) is 4.90 Å². The number of halogens is 1. The SMILES string of the molecule is COc1ccc(OC)c(NC(=O)CCN2CCCCCC2)c1.[Cl-]. The molecule has 2 rings (SSSR count). The Morgan fingerprint density at radius 2 is 1.83 bits per heavy atom. The van der Waals surface area contributed by atoms with Gasteiger partial charge in [-0.15, -0.1) is 0 Å². The predicted octanol–water partition coefficient (Wildman–Crippen LogP) is -0.0876. The molecule has 0 aromatic heterocycles. The van der Waals surface area contributed by atoms with E-state index >= 15 is 0 Å². The van der Waals surface area contributed by atoms with Crippen LogP contribution in [0.2, 0.25) is 0 Å². The summed E-state index contributed by atoms with van der Waals surface area (Å²) >= 11 is 0. The maximum Gasteiger partial charge on any atom is 0.225 e. The van der Waals surface area contributed by atoms with Crippen molar-refractivity contribution in [3.63, 3.8) is 0 Å². The number of benzene rings is 1. The molecular formula is C17H26ClN2O3-. The first-order valence-electron chi connectivity index (χ1n) is 7.97. The number of hydrogen-bond acceptors (Lipinski definition) is 4. The molecule has 0 bridgehead atoms. The van der Waals surface area contributed by atoms with E-state index in [1.54, 1.807) is 26.4 Å². The fourth-order valence-corrected chi connectivity index (χ4v) is 2.74. The number of likely N-dealkylation sites (tertiary alicyclic amines) is 1. The van der Waals surface area contributed by atoms with E-state index in [0.717, 1.165) is 19.6 Å². The highest BCUT2D eigenvalue weighted by Crippen LogP contribution is 2.28. The number of carbonyl (C=O) groups excluding carboxylic acids is 1. The van der Waals surface area contributed by atoms with Crippen molar-refractivity contribution in [3.8, 4) is 11.5 Å². The van der Waals surface area contributed by atoms with Crippen LogP contribution in [0.25, 0.3) is 0 Å². The molecule has 1 heterocycles. The fraction of sp³-hybridized carbons (Fsp3) is 0.588. The van der Waals surface area contributed by atoms with E-state index in [1.165, 1.54) is 25.7 Å². The lowest BCUT2D eigenvalue weighted by Gasteiger charge is -2.19. The molecule has 1 aromatic carbocycles. The van der Waals surface area contributed by atoms with Crippen LogP contribution in [0.5, 0.6) is 11.5 Å². The molecule has 0 saturated carbocycles. The van der Waals surface area contributed by atoms with Crippen LogP contribution in [0.4, 0.5) is 5.69 Å². The second-order valence-electron chi connectivity index (χ2n) is 5.62. The molecule has 1 N–H and O–H groups in total. The number of carbonyl (C=O) groups is 1. The number of ether oxygens (including phenoxy) is 2. The number of methoxy groups -OCH3 is 2. The molecule has 1 aliphatic heterocycles. The minimum atomic E-state index is 0. The largest absolute Gasteiger partial charge is 1.00 e. The number of rotatable bonds is 6. The van der Waals surface area contributed by atoms with Gasteiger partial charge in [0.2, 0.25) is 5.91 Å². The molecule has 1 saturated heterocycles. The molecule has 1 fully saturated rings. The molecule has 0 unspecified atom stereocenters. The summed E-state index contributed by atoms with van der Waals surface area (Å²) in [7, 11) is 3.20. The summed E-state index contributed by atoms with van der Waals surface area (Å²) in [5.41, 5.74) is 0.655. The van der Waals surface area contributed by atoms with E-state index < -0.39 is 0 Å². The first-order valence-corrected chi connectivity index (χ1v) is 7.97. The first-order chi connectivity index (χ1) is 10.7. The normalized spacial score (nSPS) is 15.2. The summed E-state index contributed by atoms with van der Waals surface area (Å²) in [6.45, 7) is 3.03. The third-order valence-electron chi connectivity index (χ3n) is 4.03. The summed E-state index contributed by atoms with van der Waals surface area (Å²) in [5.74, 6) is 1.35. The quantitative estimate of drug-likeness (QED) is 0.786. The molecule has 1 amide bonds. The van der Waals surface area contributed by atoms with E-state index in [9.17, 15) is 4.79 Å². The van der Waals surface area contributed by atoms with E-state index in [-0.39, 0.29) is 18.3 Å². The van der Waals surface area contributed by atoms with Gasteiger partial charge in [0.1, 0.15) is 11.5 Å². The van der Waals surface area contributed by atoms with Gasteiger partial charge in [-0.3, -0.25) is 4.79 Å². The van der Waals surface area contributed by atoms with Crippen LogP contribution in [0.3, 0.4) is 0 Å². The first kappa shape index (κ1) is 19.6. The lowest BCUT2D eigenvalue weighted by Crippen LogP contribution is -3.00. The zero-order valence-electron chi connectivity index (χ0n) is 13.9. The van der Waals surface area contributed by atoms with Crippen LogP contribution in [-0.4, -0.2) is 44.7 Å². The van der Waals surface area contributed by atoms with Crippen molar-refractivity contribution in [3.05, 3.63) is 18.2 Å². The van der Waals surface area contributed by atoms with Gasteiger partial charge >= 0.3 is 0 Å². The monoisotopic (exact) mass is 341 g/mol. The van der Waals surface area contributed by atoms with Crippen molar-refractivity contribution in [2.45, 2.75) is 32.1 Å². The Morgan fingerprint density at radius 1 is 1.13 bits per heavy atom. The summed E-state index contributed by atoms with van der Waals surface area (Å²) in [5, 5.41) is 2.92. The van der Waals surface area contributed by atoms with Gasteiger partial charge in [0.25, 0.3) is 0 Å². The van der Waals surface area contributed by atoms with E-state index in [1.807, 2.05) is 6.07 Å². The van der Waals surface area contributed by atoms with Crippen LogP contribution in [0, 0.1) is 0 Å². The second-order valence-corrected chi connectivity index (χ2v) is 5.62. The summed E-state index contributed by atoms with van der Waals surface area (Å²) in [6.07, 6.45) is 5.60. The third-order valence-corrected chi connectivity index (χ3v) is 4.03. The van der Waals surface area contributed by atoms with E-state index in [2.05, 4.69) is 10.2 Å². The van der Waals surface area contributed by atoms with Gasteiger partial charge in [-0.1, -0.05) is 12.8 Å². The van der Waals surface area contributed by atoms with Gasteiger partial charge in [-0.25, -0.2) is 0 Å². The Hall–Kier alpha value is -1.46. The molecule has 130 valence electrons. The molecule has 0 aliphatic carbocycles. The lowest BCUT2D eigenvalue weighted by atomic mass is 10.2. The maximum absolute atomic E-state index is 12.2. The van der Waals surface area contributed by atoms with Crippen LogP contribution < -0.4 is 27.2 Å². The van der Waals surface area contributed by atoms with Crippen molar-refractivity contribution in [1.29, 1.82) is 0 Å². The molecule has 0 spiro atoms. The molecule has 1 aliphatic rings. The smallest absolute Gasteiger partial charge is 0.225 e. The van der Waals surface area contributed by atoms with E-state index in [4.69, 9.17) is 9.47 Å². The van der Waals surface area contributed by atoms with Gasteiger partial charge in [0, 0.05) is 19.0 Å². The van der Waals surface area contributed by atoms with E-state index in [0.29, 0.717) is 23.6 Å². The summed E-state index contributed by atoms with van der Waals surface area (Å²) in [4.78, 5) is 14.6. The lowest BCUT2D eigenvalue weighted by molar-refractivity contribution is -0.116. The molecule has 0 radical (unpaired) electrons. The Kier molecular flexibility index (Phi) is 8.81. The van der Waals surface area contributed by atoms with Crippen LogP contribution in [0.1, 0.15) is 32.1 Å².